The summed E-state index contributed by atoms with van der Waals surface area (Å²) < 4.78 is 25.7. The van der Waals surface area contributed by atoms with Crippen molar-refractivity contribution in [1.82, 2.24) is 10.3 Å². The molecule has 1 heterocycles. The molecule has 3 N–H and O–H groups in total. The van der Waals surface area contributed by atoms with Crippen molar-refractivity contribution in [3.8, 4) is 17.6 Å². The van der Waals surface area contributed by atoms with Crippen LogP contribution in [0.25, 0.3) is 0 Å². The minimum absolute atomic E-state index is 0.0252. The Kier molecular flexibility index (Phi) is 8.72. The first kappa shape index (κ1) is 27.1. The van der Waals surface area contributed by atoms with Gasteiger partial charge in [-0.15, -0.1) is 0 Å². The highest BCUT2D eigenvalue weighted by molar-refractivity contribution is 7.81. The average molecular weight is 548 g/mol. The van der Waals surface area contributed by atoms with Crippen molar-refractivity contribution in [2.75, 3.05) is 28.7 Å². The van der Waals surface area contributed by atoms with E-state index in [4.69, 9.17) is 8.92 Å². The van der Waals surface area contributed by atoms with Crippen molar-refractivity contribution in [1.29, 1.82) is 5.26 Å². The Morgan fingerprint density at radius 3 is 2.33 bits per heavy atom. The van der Waals surface area contributed by atoms with Crippen LogP contribution in [0.3, 0.4) is 0 Å². The van der Waals surface area contributed by atoms with Gasteiger partial charge in [-0.3, -0.25) is 9.52 Å². The highest BCUT2D eigenvalue weighted by Gasteiger charge is 2.37. The van der Waals surface area contributed by atoms with Gasteiger partial charge in [0, 0.05) is 25.0 Å². The number of hydrazine groups is 1. The normalized spacial score (nSPS) is 15.1. The number of hydrogen-bond donors (Lipinski definition) is 3. The molecule has 3 aromatic rings. The minimum atomic E-state index is -1.90. The van der Waals surface area contributed by atoms with Crippen molar-refractivity contribution in [3.63, 3.8) is 0 Å². The van der Waals surface area contributed by atoms with Gasteiger partial charge in [0.05, 0.1) is 5.69 Å². The van der Waals surface area contributed by atoms with Gasteiger partial charge in [-0.25, -0.2) is 10.2 Å². The summed E-state index contributed by atoms with van der Waals surface area (Å²) in [7, 11) is 1.63. The van der Waals surface area contributed by atoms with Crippen LogP contribution in [0.1, 0.15) is 6.92 Å². The maximum atomic E-state index is 12.8. The third-order valence-electron chi connectivity index (χ3n) is 5.49. The summed E-state index contributed by atoms with van der Waals surface area (Å²) in [4.78, 5) is 26.1. The first-order valence-electron chi connectivity index (χ1n) is 11.8. The van der Waals surface area contributed by atoms with Crippen LogP contribution in [0.15, 0.2) is 84.0 Å². The lowest BCUT2D eigenvalue weighted by molar-refractivity contribution is -0.118. The highest BCUT2D eigenvalue weighted by atomic mass is 32.2. The molecule has 4 rings (SSSR count). The van der Waals surface area contributed by atoms with Gasteiger partial charge >= 0.3 is 17.4 Å². The monoisotopic (exact) mass is 547 g/mol. The Hall–Kier alpha value is -4.93. The van der Waals surface area contributed by atoms with E-state index in [9.17, 15) is 19.1 Å². The molecular formula is C26H25N7O5S. The second-order valence-electron chi connectivity index (χ2n) is 8.14. The molecule has 0 radical (unpaired) electrons. The molecule has 3 aromatic carbocycles. The molecule has 1 aliphatic heterocycles. The number of amides is 2. The number of nitriles is 1. The zero-order chi connectivity index (χ0) is 27.8. The van der Waals surface area contributed by atoms with Crippen molar-refractivity contribution < 1.29 is 22.7 Å². The molecule has 0 fully saturated rings. The number of nitrogens with one attached hydrogen (secondary N) is 3. The number of nitrogens with zero attached hydrogens (tertiary/aromatic N) is 4. The lowest BCUT2D eigenvalue weighted by Crippen LogP contribution is -2.45. The Labute approximate surface area is 227 Å². The number of ether oxygens (including phenoxy) is 1. The zero-order valence-electron chi connectivity index (χ0n) is 21.0. The number of anilines is 3. The molecular weight excluding hydrogens is 522 g/mol. The quantitative estimate of drug-likeness (QED) is 0.327. The number of rotatable bonds is 10. The fraction of sp³-hybridized carbons (Fsp3) is 0.154. The number of carbonyl (C=O) groups is 2. The summed E-state index contributed by atoms with van der Waals surface area (Å²) in [5, 5.41) is 14.7. The number of benzene rings is 3. The van der Waals surface area contributed by atoms with E-state index >= 15 is 0 Å². The smallest absolute Gasteiger partial charge is 0.410 e. The van der Waals surface area contributed by atoms with Crippen molar-refractivity contribution in [2.45, 2.75) is 13.0 Å². The van der Waals surface area contributed by atoms with Crippen molar-refractivity contribution in [3.05, 3.63) is 78.9 Å². The van der Waals surface area contributed by atoms with E-state index in [2.05, 4.69) is 20.7 Å². The lowest BCUT2D eigenvalue weighted by Gasteiger charge is -2.16. The summed E-state index contributed by atoms with van der Waals surface area (Å²) in [5.41, 5.74) is 7.37. The van der Waals surface area contributed by atoms with E-state index in [1.54, 1.807) is 79.8 Å². The highest BCUT2D eigenvalue weighted by Crippen LogP contribution is 2.22. The average Bonchev–Trinajstić information content (AvgIpc) is 3.28. The molecule has 2 atom stereocenters. The molecule has 2 amide bonds. The fourth-order valence-electron chi connectivity index (χ4n) is 3.28. The van der Waals surface area contributed by atoms with Gasteiger partial charge in [0.15, 0.2) is 11.8 Å². The standard InChI is InChI=1S/C26H25N7O5S/c1-3-32(2)26(35)37-21-13-11-19(12-14-21)31-39(36)38-22-15-9-18(10-16-22)28-29-24-23(17-27)30-33(25(24)34)20-7-5-4-6-8-20/h4-16,24,28-29,31H,3H2,1-2H3. The van der Waals surface area contributed by atoms with E-state index in [-0.39, 0.29) is 5.71 Å². The number of carbonyl (C=O) groups excluding carboxylic acids is 2. The number of hydrazone groups is 1. The van der Waals surface area contributed by atoms with Crippen LogP contribution in [-0.4, -0.2) is 46.5 Å². The van der Waals surface area contributed by atoms with E-state index in [1.807, 2.05) is 19.1 Å². The second-order valence-corrected chi connectivity index (χ2v) is 8.98. The maximum Gasteiger partial charge on any atom is 0.414 e. The van der Waals surface area contributed by atoms with Crippen LogP contribution in [0, 0.1) is 11.3 Å². The SMILES string of the molecule is CCN(C)C(=O)Oc1ccc(NS(=O)Oc2ccc(NNC3C(=O)N(c4ccccc4)N=C3C#N)cc2)cc1. The third kappa shape index (κ3) is 6.89. The Morgan fingerprint density at radius 2 is 1.69 bits per heavy atom. The molecule has 39 heavy (non-hydrogen) atoms. The first-order valence-corrected chi connectivity index (χ1v) is 12.8. The molecule has 0 saturated carbocycles. The van der Waals surface area contributed by atoms with Crippen LogP contribution >= 0.6 is 0 Å². The van der Waals surface area contributed by atoms with Crippen LogP contribution in [-0.2, 0) is 16.1 Å². The van der Waals surface area contributed by atoms with Gasteiger partial charge in [0.2, 0.25) is 0 Å². The van der Waals surface area contributed by atoms with Gasteiger partial charge < -0.3 is 19.2 Å². The minimum Gasteiger partial charge on any atom is -0.410 e. The van der Waals surface area contributed by atoms with E-state index < -0.39 is 29.3 Å². The molecule has 0 aliphatic carbocycles. The Balaban J connectivity index is 1.27. The Morgan fingerprint density at radius 1 is 1.05 bits per heavy atom. The molecule has 0 saturated heterocycles. The van der Waals surface area contributed by atoms with Gasteiger partial charge in [-0.05, 0) is 67.6 Å². The summed E-state index contributed by atoms with van der Waals surface area (Å²) in [6.07, 6.45) is -0.471. The maximum absolute atomic E-state index is 12.8. The molecule has 12 nitrogen and oxygen atoms in total. The topological polar surface area (TPSA) is 148 Å². The van der Waals surface area contributed by atoms with Gasteiger partial charge in [-0.2, -0.15) is 19.6 Å². The van der Waals surface area contributed by atoms with Crippen LogP contribution in [0.5, 0.6) is 11.5 Å². The number of para-hydroxylation sites is 1. The Bertz CT molecular complexity index is 1410. The van der Waals surface area contributed by atoms with Crippen LogP contribution in [0.4, 0.5) is 21.9 Å². The lowest BCUT2D eigenvalue weighted by atomic mass is 10.2. The molecule has 2 unspecified atom stereocenters. The third-order valence-corrected chi connectivity index (χ3v) is 6.23. The van der Waals surface area contributed by atoms with Gasteiger partial charge in [0.1, 0.15) is 17.6 Å². The van der Waals surface area contributed by atoms with Crippen LogP contribution in [0.2, 0.25) is 0 Å². The summed E-state index contributed by atoms with van der Waals surface area (Å²) in [6, 6.07) is 22.6. The molecule has 0 bridgehead atoms. The summed E-state index contributed by atoms with van der Waals surface area (Å²) >= 11 is -1.90. The molecule has 13 heteroatoms. The number of hydrogen-bond acceptors (Lipinski definition) is 9. The van der Waals surface area contributed by atoms with Crippen molar-refractivity contribution >= 4 is 46.0 Å². The second kappa shape index (κ2) is 12.5. The summed E-state index contributed by atoms with van der Waals surface area (Å²) in [6.45, 7) is 2.36. The predicted octanol–water partition coefficient (Wildman–Crippen LogP) is 3.42. The van der Waals surface area contributed by atoms with E-state index in [0.717, 1.165) is 0 Å². The molecule has 200 valence electrons. The zero-order valence-corrected chi connectivity index (χ0v) is 21.8. The van der Waals surface area contributed by atoms with Gasteiger partial charge in [0.25, 0.3) is 5.91 Å². The molecule has 0 spiro atoms. The fourth-order valence-corrected chi connectivity index (χ4v) is 3.93. The van der Waals surface area contributed by atoms with E-state index in [1.165, 1.54) is 9.91 Å². The molecule has 0 aromatic heterocycles. The summed E-state index contributed by atoms with van der Waals surface area (Å²) in [5.74, 6) is 0.284. The van der Waals surface area contributed by atoms with E-state index in [0.29, 0.717) is 35.1 Å². The molecule has 1 aliphatic rings. The van der Waals surface area contributed by atoms with Gasteiger partial charge in [-0.1, -0.05) is 18.2 Å². The van der Waals surface area contributed by atoms with Crippen LogP contribution < -0.4 is 29.5 Å². The predicted molar refractivity (Wildman–Crippen MR) is 147 cm³/mol. The largest absolute Gasteiger partial charge is 0.414 e. The van der Waals surface area contributed by atoms with Crippen molar-refractivity contribution in [2.24, 2.45) is 5.10 Å². The first-order chi connectivity index (χ1) is 18.9.